The maximum Gasteiger partial charge on any atom is 0.151 e. The van der Waals surface area contributed by atoms with E-state index in [1.54, 1.807) is 6.08 Å². The van der Waals surface area contributed by atoms with Crippen molar-refractivity contribution in [1.82, 2.24) is 0 Å². The minimum absolute atomic E-state index is 0.397. The van der Waals surface area contributed by atoms with Gasteiger partial charge in [0.2, 0.25) is 0 Å². The third-order valence-corrected chi connectivity index (χ3v) is 2.55. The Kier molecular flexibility index (Phi) is 3.86. The summed E-state index contributed by atoms with van der Waals surface area (Å²) in [5.74, 6) is 0. The highest BCUT2D eigenvalue weighted by Gasteiger charge is 2.28. The zero-order valence-corrected chi connectivity index (χ0v) is 9.40. The highest BCUT2D eigenvalue weighted by Crippen LogP contribution is 2.26. The molecule has 1 rings (SSSR count). The minimum atomic E-state index is -0.975. The van der Waals surface area contributed by atoms with Gasteiger partial charge in [-0.1, -0.05) is 35.9 Å². The second-order valence-corrected chi connectivity index (χ2v) is 3.96. The van der Waals surface area contributed by atoms with Crippen LogP contribution >= 0.6 is 0 Å². The van der Waals surface area contributed by atoms with Crippen LogP contribution in [0, 0.1) is 35.0 Å². The molecule has 80 valence electrons. The fourth-order valence-electron chi connectivity index (χ4n) is 1.57. The lowest BCUT2D eigenvalue weighted by molar-refractivity contribution is 0.527. The maximum atomic E-state index is 9.10. The van der Waals surface area contributed by atoms with Crippen LogP contribution in [0.4, 0.5) is 0 Å². The van der Waals surface area contributed by atoms with Crippen LogP contribution in [0.2, 0.25) is 0 Å². The molecule has 0 aliphatic rings. The Morgan fingerprint density at radius 1 is 1.25 bits per heavy atom. The van der Waals surface area contributed by atoms with Crippen LogP contribution in [-0.2, 0) is 6.42 Å². The Labute approximate surface area is 96.4 Å². The highest BCUT2D eigenvalue weighted by atomic mass is 14.4. The van der Waals surface area contributed by atoms with Gasteiger partial charge in [-0.15, -0.1) is 6.58 Å². The molecule has 0 atom stereocenters. The molecule has 2 nitrogen and oxygen atoms in total. The summed E-state index contributed by atoms with van der Waals surface area (Å²) in [7, 11) is 0. The number of nitriles is 2. The number of benzene rings is 1. The molecule has 1 aromatic rings. The fourth-order valence-corrected chi connectivity index (χ4v) is 1.57. The van der Waals surface area contributed by atoms with Gasteiger partial charge in [-0.25, -0.2) is 0 Å². The predicted molar refractivity (Wildman–Crippen MR) is 63.4 cm³/mol. The molecule has 16 heavy (non-hydrogen) atoms. The number of hydrogen-bond donors (Lipinski definition) is 0. The van der Waals surface area contributed by atoms with E-state index in [2.05, 4.69) is 18.7 Å². The zero-order chi connectivity index (χ0) is 12.0. The van der Waals surface area contributed by atoms with Crippen LogP contribution < -0.4 is 0 Å². The number of rotatable bonds is 4. The van der Waals surface area contributed by atoms with E-state index in [0.717, 1.165) is 5.56 Å². The molecule has 0 spiro atoms. The van der Waals surface area contributed by atoms with E-state index in [9.17, 15) is 0 Å². The molecule has 0 aromatic heterocycles. The normalized spacial score (nSPS) is 10.2. The Bertz CT molecular complexity index is 429. The highest BCUT2D eigenvalue weighted by molar-refractivity contribution is 5.27. The molecule has 0 N–H and O–H groups in total. The van der Waals surface area contributed by atoms with Crippen LogP contribution in [0.5, 0.6) is 0 Å². The van der Waals surface area contributed by atoms with E-state index in [-0.39, 0.29) is 0 Å². The van der Waals surface area contributed by atoms with Crippen molar-refractivity contribution in [2.24, 2.45) is 5.41 Å². The van der Waals surface area contributed by atoms with E-state index in [1.165, 1.54) is 5.56 Å². The minimum Gasteiger partial charge on any atom is -0.197 e. The van der Waals surface area contributed by atoms with E-state index < -0.39 is 5.41 Å². The van der Waals surface area contributed by atoms with Crippen molar-refractivity contribution in [1.29, 1.82) is 10.5 Å². The zero-order valence-electron chi connectivity index (χ0n) is 9.40. The first kappa shape index (κ1) is 12.0. The number of allylic oxidation sites excluding steroid dienone is 1. The molecular formula is C14H14N2. The molecule has 0 heterocycles. The number of nitrogens with zero attached hydrogens (tertiary/aromatic N) is 2. The SMILES string of the molecule is C=CCC(C#N)(C#N)Cc1ccc(C)cc1. The predicted octanol–water partition coefficient (Wildman–Crippen LogP) is 3.15. The largest absolute Gasteiger partial charge is 0.197 e. The molecule has 0 aliphatic heterocycles. The molecule has 0 bridgehead atoms. The topological polar surface area (TPSA) is 47.6 Å². The van der Waals surface area contributed by atoms with Crippen LogP contribution in [0.15, 0.2) is 36.9 Å². The van der Waals surface area contributed by atoms with Gasteiger partial charge in [-0.05, 0) is 18.9 Å². The molecule has 0 fully saturated rings. The first-order valence-corrected chi connectivity index (χ1v) is 5.15. The van der Waals surface area contributed by atoms with Crippen molar-refractivity contribution < 1.29 is 0 Å². The Hall–Kier alpha value is -2.06. The van der Waals surface area contributed by atoms with Gasteiger partial charge in [0.1, 0.15) is 0 Å². The molecule has 0 aliphatic carbocycles. The molecule has 2 heteroatoms. The standard InChI is InChI=1S/C14H14N2/c1-3-8-14(10-15,11-16)9-13-6-4-12(2)5-7-13/h3-7H,1,8-9H2,2H3. The summed E-state index contributed by atoms with van der Waals surface area (Å²) in [6, 6.07) is 12.1. The molecule has 0 saturated heterocycles. The van der Waals surface area contributed by atoms with E-state index in [1.807, 2.05) is 31.2 Å². The molecule has 1 aromatic carbocycles. The third-order valence-electron chi connectivity index (χ3n) is 2.55. The Balaban J connectivity index is 2.93. The summed E-state index contributed by atoms with van der Waals surface area (Å²) < 4.78 is 0. The van der Waals surface area contributed by atoms with Crippen LogP contribution in [0.3, 0.4) is 0 Å². The monoisotopic (exact) mass is 210 g/mol. The molecule has 0 radical (unpaired) electrons. The Morgan fingerprint density at radius 3 is 2.25 bits per heavy atom. The smallest absolute Gasteiger partial charge is 0.151 e. The molecular weight excluding hydrogens is 196 g/mol. The van der Waals surface area contributed by atoms with E-state index >= 15 is 0 Å². The second kappa shape index (κ2) is 5.14. The summed E-state index contributed by atoms with van der Waals surface area (Å²) in [5, 5.41) is 18.2. The molecule has 0 saturated carbocycles. The summed E-state index contributed by atoms with van der Waals surface area (Å²) in [4.78, 5) is 0. The van der Waals surface area contributed by atoms with Gasteiger partial charge in [-0.2, -0.15) is 10.5 Å². The maximum absolute atomic E-state index is 9.10. The van der Waals surface area contributed by atoms with E-state index in [0.29, 0.717) is 12.8 Å². The van der Waals surface area contributed by atoms with Gasteiger partial charge in [0.05, 0.1) is 12.1 Å². The first-order valence-electron chi connectivity index (χ1n) is 5.15. The fraction of sp³-hybridized carbons (Fsp3) is 0.286. The van der Waals surface area contributed by atoms with Gasteiger partial charge in [0, 0.05) is 6.42 Å². The van der Waals surface area contributed by atoms with Gasteiger partial charge in [0.15, 0.2) is 5.41 Å². The van der Waals surface area contributed by atoms with Crippen LogP contribution in [0.1, 0.15) is 17.5 Å². The number of hydrogen-bond acceptors (Lipinski definition) is 2. The summed E-state index contributed by atoms with van der Waals surface area (Å²) >= 11 is 0. The summed E-state index contributed by atoms with van der Waals surface area (Å²) in [6.07, 6.45) is 2.47. The molecule has 0 amide bonds. The van der Waals surface area contributed by atoms with Crippen LogP contribution in [-0.4, -0.2) is 0 Å². The third kappa shape index (κ3) is 2.72. The summed E-state index contributed by atoms with van der Waals surface area (Å²) in [6.45, 7) is 5.60. The van der Waals surface area contributed by atoms with Crippen molar-refractivity contribution >= 4 is 0 Å². The summed E-state index contributed by atoms with van der Waals surface area (Å²) in [5.41, 5.74) is 1.21. The lowest BCUT2D eigenvalue weighted by atomic mass is 9.81. The number of aryl methyl sites for hydroxylation is 1. The lowest BCUT2D eigenvalue weighted by Gasteiger charge is -2.16. The van der Waals surface area contributed by atoms with Crippen LogP contribution in [0.25, 0.3) is 0 Å². The van der Waals surface area contributed by atoms with Crippen molar-refractivity contribution in [3.05, 3.63) is 48.0 Å². The van der Waals surface area contributed by atoms with Crippen molar-refractivity contribution in [2.45, 2.75) is 19.8 Å². The van der Waals surface area contributed by atoms with Crippen molar-refractivity contribution in [2.75, 3.05) is 0 Å². The van der Waals surface area contributed by atoms with Crippen molar-refractivity contribution in [3.8, 4) is 12.1 Å². The quantitative estimate of drug-likeness (QED) is 0.717. The Morgan fingerprint density at radius 2 is 1.81 bits per heavy atom. The van der Waals surface area contributed by atoms with Gasteiger partial charge < -0.3 is 0 Å². The van der Waals surface area contributed by atoms with Crippen molar-refractivity contribution in [3.63, 3.8) is 0 Å². The van der Waals surface area contributed by atoms with Gasteiger partial charge in [-0.3, -0.25) is 0 Å². The second-order valence-electron chi connectivity index (χ2n) is 3.96. The average molecular weight is 210 g/mol. The van der Waals surface area contributed by atoms with E-state index in [4.69, 9.17) is 10.5 Å². The molecule has 0 unspecified atom stereocenters. The lowest BCUT2D eigenvalue weighted by Crippen LogP contribution is -2.18. The van der Waals surface area contributed by atoms with Gasteiger partial charge in [0.25, 0.3) is 0 Å². The average Bonchev–Trinajstić information content (AvgIpc) is 2.31. The van der Waals surface area contributed by atoms with Gasteiger partial charge >= 0.3 is 0 Å². The first-order chi connectivity index (χ1) is 7.65.